The van der Waals surface area contributed by atoms with Gasteiger partial charge in [0.1, 0.15) is 6.10 Å². The van der Waals surface area contributed by atoms with E-state index in [-0.39, 0.29) is 6.10 Å². The molecular weight excluding hydrogens is 280 g/mol. The second-order valence-electron chi connectivity index (χ2n) is 7.14. The number of ether oxygens (including phenoxy) is 1. The van der Waals surface area contributed by atoms with Gasteiger partial charge in [-0.15, -0.1) is 0 Å². The summed E-state index contributed by atoms with van der Waals surface area (Å²) in [5.41, 5.74) is -2.16. The van der Waals surface area contributed by atoms with Crippen LogP contribution in [0.15, 0.2) is 0 Å². The Morgan fingerprint density at radius 3 is 2.00 bits per heavy atom. The highest BCUT2D eigenvalue weighted by molar-refractivity contribution is 6.00. The summed E-state index contributed by atoms with van der Waals surface area (Å²) in [4.78, 5) is 24.7. The lowest BCUT2D eigenvalue weighted by molar-refractivity contribution is -0.183. The van der Waals surface area contributed by atoms with E-state index in [0.717, 1.165) is 32.1 Å². The number of esters is 1. The Balaban J connectivity index is 5.23. The molecule has 2 unspecified atom stereocenters. The highest BCUT2D eigenvalue weighted by Gasteiger charge is 2.56. The Labute approximate surface area is 135 Å². The van der Waals surface area contributed by atoms with Gasteiger partial charge in [-0.3, -0.25) is 9.59 Å². The molecule has 0 aliphatic carbocycles. The number of aliphatic carboxylic acids is 1. The first-order valence-electron chi connectivity index (χ1n) is 8.61. The molecule has 0 aliphatic rings. The van der Waals surface area contributed by atoms with Crippen LogP contribution in [0.1, 0.15) is 86.5 Å². The highest BCUT2D eigenvalue weighted by atomic mass is 16.5. The summed E-state index contributed by atoms with van der Waals surface area (Å²) in [6.45, 7) is 11.4. The average molecular weight is 314 g/mol. The van der Waals surface area contributed by atoms with Crippen LogP contribution in [0.3, 0.4) is 0 Å². The number of unbranched alkanes of at least 4 members (excludes halogenated alkanes) is 2. The van der Waals surface area contributed by atoms with Crippen molar-refractivity contribution in [2.24, 2.45) is 10.8 Å². The molecule has 0 rings (SSSR count). The van der Waals surface area contributed by atoms with Crippen molar-refractivity contribution in [3.05, 3.63) is 0 Å². The first-order valence-corrected chi connectivity index (χ1v) is 8.61. The maximum absolute atomic E-state index is 12.7. The molecule has 4 heteroatoms. The molecule has 0 saturated heterocycles. The van der Waals surface area contributed by atoms with Crippen molar-refractivity contribution in [2.45, 2.75) is 92.6 Å². The Kier molecular flexibility index (Phi) is 8.72. The fraction of sp³-hybridized carbons (Fsp3) is 0.889. The monoisotopic (exact) mass is 314 g/mol. The quantitative estimate of drug-likeness (QED) is 0.357. The van der Waals surface area contributed by atoms with Gasteiger partial charge in [0, 0.05) is 0 Å². The Hall–Kier alpha value is -1.06. The summed E-state index contributed by atoms with van der Waals surface area (Å²) in [6, 6.07) is 0. The van der Waals surface area contributed by atoms with E-state index < -0.39 is 22.8 Å². The van der Waals surface area contributed by atoms with E-state index >= 15 is 0 Å². The fourth-order valence-electron chi connectivity index (χ4n) is 2.89. The van der Waals surface area contributed by atoms with Gasteiger partial charge in [0.15, 0.2) is 5.41 Å². The summed E-state index contributed by atoms with van der Waals surface area (Å²) in [5, 5.41) is 9.76. The summed E-state index contributed by atoms with van der Waals surface area (Å²) in [6.07, 6.45) is 5.50. The maximum atomic E-state index is 12.7. The molecule has 0 aromatic carbocycles. The molecule has 0 aliphatic heterocycles. The number of carboxylic acids is 1. The Bertz CT molecular complexity index is 357. The SMILES string of the molecule is CCCCCC(CC)OC(=O)C(CCC)(C(=O)O)C(C)(C)C. The molecule has 0 aromatic heterocycles. The minimum absolute atomic E-state index is 0.183. The molecule has 0 aromatic rings. The largest absolute Gasteiger partial charge is 0.480 e. The van der Waals surface area contributed by atoms with Gasteiger partial charge in [-0.05, 0) is 31.1 Å². The van der Waals surface area contributed by atoms with E-state index in [4.69, 9.17) is 4.74 Å². The zero-order valence-electron chi connectivity index (χ0n) is 15.2. The molecule has 130 valence electrons. The molecule has 0 amide bonds. The zero-order valence-corrected chi connectivity index (χ0v) is 15.2. The van der Waals surface area contributed by atoms with Gasteiger partial charge in [-0.1, -0.05) is 60.8 Å². The minimum atomic E-state index is -1.47. The summed E-state index contributed by atoms with van der Waals surface area (Å²) in [5.74, 6) is -1.65. The second kappa shape index (κ2) is 9.16. The van der Waals surface area contributed by atoms with Crippen molar-refractivity contribution in [1.82, 2.24) is 0 Å². The van der Waals surface area contributed by atoms with Gasteiger partial charge in [0.2, 0.25) is 0 Å². The lowest BCUT2D eigenvalue weighted by Gasteiger charge is -2.39. The van der Waals surface area contributed by atoms with Crippen LogP contribution in [-0.2, 0) is 14.3 Å². The summed E-state index contributed by atoms with van der Waals surface area (Å²) < 4.78 is 5.63. The van der Waals surface area contributed by atoms with Crippen LogP contribution in [0.4, 0.5) is 0 Å². The molecule has 1 N–H and O–H groups in total. The van der Waals surface area contributed by atoms with E-state index in [0.29, 0.717) is 12.8 Å². The van der Waals surface area contributed by atoms with Crippen molar-refractivity contribution >= 4 is 11.9 Å². The van der Waals surface area contributed by atoms with E-state index in [1.165, 1.54) is 0 Å². The third-order valence-electron chi connectivity index (χ3n) is 4.48. The standard InChI is InChI=1S/C18H34O4/c1-7-10-11-12-14(9-3)22-16(21)18(13-8-2,15(19)20)17(4,5)6/h14H,7-13H2,1-6H3,(H,19,20). The number of carboxylic acid groups (broad SMARTS) is 1. The highest BCUT2D eigenvalue weighted by Crippen LogP contribution is 2.44. The first-order chi connectivity index (χ1) is 10.2. The van der Waals surface area contributed by atoms with Crippen LogP contribution in [0.25, 0.3) is 0 Å². The average Bonchev–Trinajstić information content (AvgIpc) is 2.41. The molecule has 0 heterocycles. The van der Waals surface area contributed by atoms with Gasteiger partial charge in [0.05, 0.1) is 0 Å². The van der Waals surface area contributed by atoms with Crippen LogP contribution in [0, 0.1) is 10.8 Å². The smallest absolute Gasteiger partial charge is 0.324 e. The predicted molar refractivity (Wildman–Crippen MR) is 88.7 cm³/mol. The minimum Gasteiger partial charge on any atom is -0.480 e. The number of carbonyl (C=O) groups excluding carboxylic acids is 1. The van der Waals surface area contributed by atoms with Crippen molar-refractivity contribution in [2.75, 3.05) is 0 Å². The molecule has 22 heavy (non-hydrogen) atoms. The molecule has 0 fully saturated rings. The van der Waals surface area contributed by atoms with E-state index in [1.807, 2.05) is 13.8 Å². The number of hydrogen-bond acceptors (Lipinski definition) is 3. The van der Waals surface area contributed by atoms with Gasteiger partial charge < -0.3 is 9.84 Å². The summed E-state index contributed by atoms with van der Waals surface area (Å²) in [7, 11) is 0. The lowest BCUT2D eigenvalue weighted by Crippen LogP contribution is -2.51. The number of rotatable bonds is 10. The van der Waals surface area contributed by atoms with Gasteiger partial charge in [-0.25, -0.2) is 0 Å². The molecule has 0 spiro atoms. The Morgan fingerprint density at radius 1 is 1.05 bits per heavy atom. The van der Waals surface area contributed by atoms with Crippen molar-refractivity contribution in [3.63, 3.8) is 0 Å². The molecule has 0 saturated carbocycles. The topological polar surface area (TPSA) is 63.6 Å². The van der Waals surface area contributed by atoms with Crippen LogP contribution in [0.5, 0.6) is 0 Å². The molecule has 2 atom stereocenters. The summed E-state index contributed by atoms with van der Waals surface area (Å²) >= 11 is 0. The predicted octanol–water partition coefficient (Wildman–Crippen LogP) is 4.81. The maximum Gasteiger partial charge on any atom is 0.324 e. The third-order valence-corrected chi connectivity index (χ3v) is 4.48. The van der Waals surface area contributed by atoms with E-state index in [1.54, 1.807) is 20.8 Å². The zero-order chi connectivity index (χ0) is 17.4. The molecule has 0 bridgehead atoms. The normalized spacial score (nSPS) is 15.9. The second-order valence-corrected chi connectivity index (χ2v) is 7.14. The lowest BCUT2D eigenvalue weighted by atomic mass is 9.64. The van der Waals surface area contributed by atoms with Gasteiger partial charge in [0.25, 0.3) is 0 Å². The molecule has 4 nitrogen and oxygen atoms in total. The van der Waals surface area contributed by atoms with Crippen LogP contribution < -0.4 is 0 Å². The van der Waals surface area contributed by atoms with Crippen LogP contribution >= 0.6 is 0 Å². The number of hydrogen-bond donors (Lipinski definition) is 1. The van der Waals surface area contributed by atoms with Crippen molar-refractivity contribution in [1.29, 1.82) is 0 Å². The van der Waals surface area contributed by atoms with Gasteiger partial charge in [-0.2, -0.15) is 0 Å². The van der Waals surface area contributed by atoms with Crippen LogP contribution in [-0.4, -0.2) is 23.1 Å². The van der Waals surface area contributed by atoms with Gasteiger partial charge >= 0.3 is 11.9 Å². The molecular formula is C18H34O4. The fourth-order valence-corrected chi connectivity index (χ4v) is 2.89. The number of carbonyl (C=O) groups is 2. The first kappa shape index (κ1) is 20.9. The van der Waals surface area contributed by atoms with Crippen LogP contribution in [0.2, 0.25) is 0 Å². The Morgan fingerprint density at radius 2 is 1.64 bits per heavy atom. The van der Waals surface area contributed by atoms with E-state index in [2.05, 4.69) is 6.92 Å². The third kappa shape index (κ3) is 4.99. The van der Waals surface area contributed by atoms with Crippen molar-refractivity contribution < 1.29 is 19.4 Å². The molecule has 0 radical (unpaired) electrons. The van der Waals surface area contributed by atoms with Crippen molar-refractivity contribution in [3.8, 4) is 0 Å². The van der Waals surface area contributed by atoms with E-state index in [9.17, 15) is 14.7 Å².